The minimum absolute atomic E-state index is 0.106. The van der Waals surface area contributed by atoms with Crippen molar-refractivity contribution in [2.24, 2.45) is 0 Å². The Morgan fingerprint density at radius 3 is 2.87 bits per heavy atom. The lowest BCUT2D eigenvalue weighted by Crippen LogP contribution is -2.18. The number of rotatable bonds is 5. The Kier molecular flexibility index (Phi) is 4.84. The molecule has 0 aliphatic heterocycles. The van der Waals surface area contributed by atoms with Gasteiger partial charge in [-0.15, -0.1) is 0 Å². The maximum absolute atomic E-state index is 11.3. The molecule has 15 heavy (non-hydrogen) atoms. The first-order valence-electron chi connectivity index (χ1n) is 5.22. The lowest BCUT2D eigenvalue weighted by Gasteiger charge is -2.06. The minimum Gasteiger partial charge on any atom is -0.372 e. The second-order valence-corrected chi connectivity index (χ2v) is 3.24. The van der Waals surface area contributed by atoms with Gasteiger partial charge in [-0.2, -0.15) is 0 Å². The van der Waals surface area contributed by atoms with Gasteiger partial charge in [0.2, 0.25) is 5.91 Å². The Bertz CT molecular complexity index is 323. The van der Waals surface area contributed by atoms with E-state index < -0.39 is 0 Å². The quantitative estimate of drug-likeness (QED) is 0.804. The molecule has 1 aromatic carbocycles. The number of benzene rings is 1. The number of hydrogen-bond donors (Lipinski definition) is 1. The third-order valence-corrected chi connectivity index (χ3v) is 2.06. The molecule has 82 valence electrons. The molecule has 1 rings (SSSR count). The number of carbonyl (C=O) groups excluding carboxylic acids is 1. The molecule has 1 amide bonds. The minimum atomic E-state index is -0.106. The summed E-state index contributed by atoms with van der Waals surface area (Å²) in [6, 6.07) is 7.83. The third kappa shape index (κ3) is 4.13. The van der Waals surface area contributed by atoms with Gasteiger partial charge in [-0.25, -0.2) is 0 Å². The number of ether oxygens (including phenoxy) is 1. The van der Waals surface area contributed by atoms with Crippen molar-refractivity contribution < 1.29 is 9.53 Å². The normalized spacial score (nSPS) is 10.0. The molecule has 0 radical (unpaired) electrons. The van der Waals surface area contributed by atoms with Gasteiger partial charge in [0.05, 0.1) is 0 Å². The molecular weight excluding hydrogens is 190 g/mol. The predicted molar refractivity (Wildman–Crippen MR) is 60.9 cm³/mol. The standard InChI is InChI=1S/C12H17NO2/c1-3-10-6-5-7-11(8-10)13-12(14)9-15-4-2/h5-8H,3-4,9H2,1-2H3,(H,13,14). The van der Waals surface area contributed by atoms with E-state index in [0.717, 1.165) is 12.1 Å². The summed E-state index contributed by atoms with van der Waals surface area (Å²) in [5.41, 5.74) is 2.04. The summed E-state index contributed by atoms with van der Waals surface area (Å²) < 4.78 is 5.01. The molecule has 0 spiro atoms. The van der Waals surface area contributed by atoms with Crippen LogP contribution < -0.4 is 5.32 Å². The van der Waals surface area contributed by atoms with E-state index in [1.165, 1.54) is 5.56 Å². The molecular formula is C12H17NO2. The van der Waals surface area contributed by atoms with Gasteiger partial charge in [-0.1, -0.05) is 19.1 Å². The monoisotopic (exact) mass is 207 g/mol. The second-order valence-electron chi connectivity index (χ2n) is 3.24. The van der Waals surface area contributed by atoms with Crippen molar-refractivity contribution in [2.75, 3.05) is 18.5 Å². The number of aryl methyl sites for hydroxylation is 1. The van der Waals surface area contributed by atoms with Gasteiger partial charge in [0.25, 0.3) is 0 Å². The zero-order chi connectivity index (χ0) is 11.1. The number of carbonyl (C=O) groups is 1. The molecule has 3 heteroatoms. The van der Waals surface area contributed by atoms with Gasteiger partial charge in [-0.3, -0.25) is 4.79 Å². The van der Waals surface area contributed by atoms with Gasteiger partial charge >= 0.3 is 0 Å². The van der Waals surface area contributed by atoms with Gasteiger partial charge in [0.1, 0.15) is 6.61 Å². The van der Waals surface area contributed by atoms with Gasteiger partial charge < -0.3 is 10.1 Å². The zero-order valence-corrected chi connectivity index (χ0v) is 9.25. The van der Waals surface area contributed by atoms with Crippen molar-refractivity contribution in [2.45, 2.75) is 20.3 Å². The predicted octanol–water partition coefficient (Wildman–Crippen LogP) is 2.22. The van der Waals surface area contributed by atoms with Crippen LogP contribution in [0.4, 0.5) is 5.69 Å². The average Bonchev–Trinajstić information content (AvgIpc) is 2.26. The van der Waals surface area contributed by atoms with E-state index in [4.69, 9.17) is 4.74 Å². The van der Waals surface area contributed by atoms with Crippen LogP contribution in [0.15, 0.2) is 24.3 Å². The van der Waals surface area contributed by atoms with E-state index in [9.17, 15) is 4.79 Å². The van der Waals surface area contributed by atoms with Crippen LogP contribution in [0.1, 0.15) is 19.4 Å². The highest BCUT2D eigenvalue weighted by Gasteiger charge is 2.01. The van der Waals surface area contributed by atoms with Crippen molar-refractivity contribution in [3.63, 3.8) is 0 Å². The summed E-state index contributed by atoms with van der Waals surface area (Å²) in [6.07, 6.45) is 0.967. The first kappa shape index (κ1) is 11.7. The van der Waals surface area contributed by atoms with Crippen LogP contribution in [0.3, 0.4) is 0 Å². The number of hydrogen-bond acceptors (Lipinski definition) is 2. The van der Waals surface area contributed by atoms with Crippen molar-refractivity contribution in [3.05, 3.63) is 29.8 Å². The van der Waals surface area contributed by atoms with Crippen LogP contribution in [0, 0.1) is 0 Å². The lowest BCUT2D eigenvalue weighted by atomic mass is 10.1. The SMILES string of the molecule is CCOCC(=O)Nc1cccc(CC)c1. The van der Waals surface area contributed by atoms with Gasteiger partial charge in [-0.05, 0) is 31.0 Å². The molecule has 0 aliphatic carbocycles. The summed E-state index contributed by atoms with van der Waals surface area (Å²) >= 11 is 0. The van der Waals surface area contributed by atoms with Crippen LogP contribution in [0.2, 0.25) is 0 Å². The van der Waals surface area contributed by atoms with Crippen molar-refractivity contribution >= 4 is 11.6 Å². The number of amides is 1. The van der Waals surface area contributed by atoms with Crippen LogP contribution in [0.25, 0.3) is 0 Å². The van der Waals surface area contributed by atoms with Crippen LogP contribution in [0.5, 0.6) is 0 Å². The van der Waals surface area contributed by atoms with E-state index in [2.05, 4.69) is 12.2 Å². The lowest BCUT2D eigenvalue weighted by molar-refractivity contribution is -0.120. The van der Waals surface area contributed by atoms with E-state index in [-0.39, 0.29) is 12.5 Å². The molecule has 0 unspecified atom stereocenters. The largest absolute Gasteiger partial charge is 0.372 e. The molecule has 3 nitrogen and oxygen atoms in total. The molecule has 0 fully saturated rings. The maximum atomic E-state index is 11.3. The fourth-order valence-corrected chi connectivity index (χ4v) is 1.26. The summed E-state index contributed by atoms with van der Waals surface area (Å²) in [6.45, 7) is 4.63. The van der Waals surface area contributed by atoms with E-state index in [1.807, 2.05) is 31.2 Å². The molecule has 0 saturated carbocycles. The molecule has 0 saturated heterocycles. The highest BCUT2D eigenvalue weighted by atomic mass is 16.5. The molecule has 0 bridgehead atoms. The van der Waals surface area contributed by atoms with E-state index in [1.54, 1.807) is 0 Å². The van der Waals surface area contributed by atoms with Gasteiger partial charge in [0, 0.05) is 12.3 Å². The Morgan fingerprint density at radius 1 is 1.40 bits per heavy atom. The number of anilines is 1. The molecule has 0 aliphatic rings. The van der Waals surface area contributed by atoms with E-state index >= 15 is 0 Å². The van der Waals surface area contributed by atoms with Gasteiger partial charge in [0.15, 0.2) is 0 Å². The van der Waals surface area contributed by atoms with Crippen LogP contribution >= 0.6 is 0 Å². The Labute approximate surface area is 90.4 Å². The highest BCUT2D eigenvalue weighted by molar-refractivity contribution is 5.91. The summed E-state index contributed by atoms with van der Waals surface area (Å²) in [7, 11) is 0. The first-order chi connectivity index (χ1) is 7.26. The summed E-state index contributed by atoms with van der Waals surface area (Å²) in [4.78, 5) is 11.3. The highest BCUT2D eigenvalue weighted by Crippen LogP contribution is 2.10. The van der Waals surface area contributed by atoms with Crippen LogP contribution in [-0.2, 0) is 16.0 Å². The molecule has 1 aromatic rings. The van der Waals surface area contributed by atoms with Crippen molar-refractivity contribution in [1.29, 1.82) is 0 Å². The molecule has 1 N–H and O–H groups in total. The first-order valence-corrected chi connectivity index (χ1v) is 5.22. The fourth-order valence-electron chi connectivity index (χ4n) is 1.26. The fraction of sp³-hybridized carbons (Fsp3) is 0.417. The van der Waals surface area contributed by atoms with Crippen molar-refractivity contribution in [1.82, 2.24) is 0 Å². The second kappa shape index (κ2) is 6.19. The Morgan fingerprint density at radius 2 is 2.20 bits per heavy atom. The topological polar surface area (TPSA) is 38.3 Å². The Hall–Kier alpha value is -1.35. The van der Waals surface area contributed by atoms with Crippen molar-refractivity contribution in [3.8, 4) is 0 Å². The maximum Gasteiger partial charge on any atom is 0.250 e. The van der Waals surface area contributed by atoms with Crippen LogP contribution in [-0.4, -0.2) is 19.1 Å². The average molecular weight is 207 g/mol. The summed E-state index contributed by atoms with van der Waals surface area (Å²) in [5, 5.41) is 2.79. The third-order valence-electron chi connectivity index (χ3n) is 2.06. The molecule has 0 aromatic heterocycles. The molecule has 0 heterocycles. The number of nitrogens with one attached hydrogen (secondary N) is 1. The smallest absolute Gasteiger partial charge is 0.250 e. The molecule has 0 atom stereocenters. The Balaban J connectivity index is 2.52. The zero-order valence-electron chi connectivity index (χ0n) is 9.25. The van der Waals surface area contributed by atoms with E-state index in [0.29, 0.717) is 6.61 Å². The summed E-state index contributed by atoms with van der Waals surface area (Å²) in [5.74, 6) is -0.106.